The van der Waals surface area contributed by atoms with Crippen LogP contribution in [0.5, 0.6) is 0 Å². The van der Waals surface area contributed by atoms with Crippen molar-refractivity contribution in [1.29, 1.82) is 0 Å². The minimum Gasteiger partial charge on any atom is -0.459 e. The topological polar surface area (TPSA) is 130 Å². The van der Waals surface area contributed by atoms with E-state index in [1.165, 1.54) is 18.5 Å². The predicted octanol–water partition coefficient (Wildman–Crippen LogP) is 4.62. The molecular formula is C25H19FN6O3. The van der Waals surface area contributed by atoms with Gasteiger partial charge in [0.1, 0.15) is 18.0 Å². The van der Waals surface area contributed by atoms with Crippen molar-refractivity contribution in [3.63, 3.8) is 0 Å². The maximum Gasteiger partial charge on any atom is 0.396 e. The number of carbonyl (C=O) groups is 1. The van der Waals surface area contributed by atoms with Gasteiger partial charge >= 0.3 is 11.9 Å². The van der Waals surface area contributed by atoms with E-state index in [9.17, 15) is 9.18 Å². The van der Waals surface area contributed by atoms with Gasteiger partial charge in [-0.15, -0.1) is 10.2 Å². The number of nitrogens with two attached hydrogens (primary N) is 1. The Morgan fingerprint density at radius 3 is 2.57 bits per heavy atom. The van der Waals surface area contributed by atoms with E-state index in [1.807, 2.05) is 25.1 Å². The van der Waals surface area contributed by atoms with Crippen molar-refractivity contribution >= 4 is 22.7 Å². The van der Waals surface area contributed by atoms with Crippen LogP contribution in [-0.4, -0.2) is 37.7 Å². The third-order valence-electron chi connectivity index (χ3n) is 5.42. The highest BCUT2D eigenvalue weighted by atomic mass is 19.1. The number of anilines is 1. The van der Waals surface area contributed by atoms with Gasteiger partial charge in [0, 0.05) is 22.2 Å². The van der Waals surface area contributed by atoms with Crippen molar-refractivity contribution in [3.05, 3.63) is 72.3 Å². The van der Waals surface area contributed by atoms with Crippen LogP contribution in [0.4, 0.5) is 10.2 Å². The third kappa shape index (κ3) is 4.17. The number of benzene rings is 2. The molecule has 35 heavy (non-hydrogen) atoms. The first-order valence-corrected chi connectivity index (χ1v) is 10.7. The van der Waals surface area contributed by atoms with Gasteiger partial charge < -0.3 is 14.9 Å². The Hall–Kier alpha value is -4.73. The van der Waals surface area contributed by atoms with Crippen LogP contribution in [0.2, 0.25) is 0 Å². The second kappa shape index (κ2) is 8.90. The Labute approximate surface area is 198 Å². The molecule has 5 rings (SSSR count). The number of fused-ring (bicyclic) bond motifs is 1. The normalized spacial score (nSPS) is 11.1. The quantitative estimate of drug-likeness (QED) is 0.366. The fraction of sp³-hybridized carbons (Fsp3) is 0.120. The van der Waals surface area contributed by atoms with Gasteiger partial charge in [-0.2, -0.15) is 0 Å². The average Bonchev–Trinajstić information content (AvgIpc) is 3.35. The average molecular weight is 470 g/mol. The number of halogens is 1. The summed E-state index contributed by atoms with van der Waals surface area (Å²) >= 11 is 0. The molecule has 0 unspecified atom stereocenters. The minimum atomic E-state index is -0.731. The van der Waals surface area contributed by atoms with Crippen LogP contribution in [0.25, 0.3) is 44.7 Å². The smallest absolute Gasteiger partial charge is 0.396 e. The molecule has 0 aliphatic carbocycles. The van der Waals surface area contributed by atoms with Crippen molar-refractivity contribution < 1.29 is 18.3 Å². The van der Waals surface area contributed by atoms with Crippen molar-refractivity contribution in [2.24, 2.45) is 0 Å². The van der Waals surface area contributed by atoms with E-state index < -0.39 is 5.97 Å². The molecule has 3 aromatic heterocycles. The summed E-state index contributed by atoms with van der Waals surface area (Å²) in [6, 6.07) is 13.4. The van der Waals surface area contributed by atoms with Crippen LogP contribution in [0.1, 0.15) is 23.3 Å². The number of carbonyl (C=O) groups excluding carboxylic acids is 1. The molecule has 0 radical (unpaired) electrons. The number of nitrogens with zero attached hydrogens (tertiary/aromatic N) is 5. The van der Waals surface area contributed by atoms with E-state index in [4.69, 9.17) is 14.9 Å². The lowest BCUT2D eigenvalue weighted by Crippen LogP contribution is -2.04. The molecule has 9 nitrogen and oxygen atoms in total. The van der Waals surface area contributed by atoms with E-state index in [2.05, 4.69) is 25.1 Å². The molecule has 10 heteroatoms. The molecule has 174 valence electrons. The zero-order valence-electron chi connectivity index (χ0n) is 18.8. The highest BCUT2D eigenvalue weighted by molar-refractivity contribution is 5.92. The van der Waals surface area contributed by atoms with Gasteiger partial charge in [-0.25, -0.2) is 24.1 Å². The lowest BCUT2D eigenvalue weighted by Gasteiger charge is -2.14. The second-order valence-electron chi connectivity index (χ2n) is 7.65. The first kappa shape index (κ1) is 22.1. The molecule has 3 heterocycles. The predicted molar refractivity (Wildman–Crippen MR) is 127 cm³/mol. The van der Waals surface area contributed by atoms with E-state index in [0.717, 1.165) is 22.2 Å². The Bertz CT molecular complexity index is 1570. The molecule has 0 amide bonds. The number of aromatic nitrogens is 5. The highest BCUT2D eigenvalue weighted by Gasteiger charge is 2.22. The molecule has 0 aliphatic heterocycles. The standard InChI is InChI=1S/C25H19FN6O3/c1-3-34-25(33)24-32-31-23(35-24)19-11-18(15-6-9-20-17(10-15)13(2)28-12-29-20)21(30-22(19)27)14-4-7-16(26)8-5-14/h4-12H,3H2,1-2H3,(H2,27,30). The zero-order valence-corrected chi connectivity index (χ0v) is 18.8. The van der Waals surface area contributed by atoms with Crippen LogP contribution < -0.4 is 5.73 Å². The Kier molecular flexibility index (Phi) is 5.61. The van der Waals surface area contributed by atoms with Crippen LogP contribution in [0.15, 0.2) is 59.3 Å². The number of rotatable bonds is 5. The van der Waals surface area contributed by atoms with Crippen molar-refractivity contribution in [2.45, 2.75) is 13.8 Å². The monoisotopic (exact) mass is 470 g/mol. The van der Waals surface area contributed by atoms with Crippen LogP contribution in [-0.2, 0) is 4.74 Å². The van der Waals surface area contributed by atoms with Gasteiger partial charge in [0.2, 0.25) is 0 Å². The molecule has 5 aromatic rings. The number of pyridine rings is 1. The number of esters is 1. The summed E-state index contributed by atoms with van der Waals surface area (Å²) in [5.74, 6) is -1.26. The summed E-state index contributed by atoms with van der Waals surface area (Å²) in [6.45, 7) is 3.74. The lowest BCUT2D eigenvalue weighted by molar-refractivity contribution is 0.0481. The first-order chi connectivity index (χ1) is 16.9. The van der Waals surface area contributed by atoms with E-state index in [0.29, 0.717) is 22.4 Å². The Balaban J connectivity index is 1.71. The summed E-state index contributed by atoms with van der Waals surface area (Å²) in [6.07, 6.45) is 1.51. The SMILES string of the molecule is CCOC(=O)c1nnc(-c2cc(-c3ccc4ncnc(C)c4c3)c(-c3ccc(F)cc3)nc2N)o1. The maximum atomic E-state index is 13.6. The summed E-state index contributed by atoms with van der Waals surface area (Å²) in [4.78, 5) is 25.2. The van der Waals surface area contributed by atoms with Gasteiger partial charge in [0.05, 0.1) is 23.4 Å². The van der Waals surface area contributed by atoms with E-state index in [1.54, 1.807) is 25.1 Å². The van der Waals surface area contributed by atoms with Crippen molar-refractivity contribution in [1.82, 2.24) is 25.1 Å². The molecule has 0 fully saturated rings. The van der Waals surface area contributed by atoms with Gasteiger partial charge in [0.15, 0.2) is 0 Å². The molecule has 0 atom stereocenters. The molecule has 0 aliphatic rings. The second-order valence-corrected chi connectivity index (χ2v) is 7.65. The number of nitrogen functional groups attached to an aromatic ring is 1. The summed E-state index contributed by atoms with van der Waals surface area (Å²) in [7, 11) is 0. The summed E-state index contributed by atoms with van der Waals surface area (Å²) in [5, 5.41) is 8.59. The van der Waals surface area contributed by atoms with Gasteiger partial charge in [-0.05, 0) is 61.9 Å². The molecule has 2 aromatic carbocycles. The van der Waals surface area contributed by atoms with E-state index >= 15 is 0 Å². The maximum absolute atomic E-state index is 13.6. The van der Waals surface area contributed by atoms with Crippen LogP contribution in [0.3, 0.4) is 0 Å². The third-order valence-corrected chi connectivity index (χ3v) is 5.42. The van der Waals surface area contributed by atoms with E-state index in [-0.39, 0.29) is 30.0 Å². The van der Waals surface area contributed by atoms with Crippen LogP contribution >= 0.6 is 0 Å². The largest absolute Gasteiger partial charge is 0.459 e. The number of ether oxygens (including phenoxy) is 1. The first-order valence-electron chi connectivity index (χ1n) is 10.7. The molecule has 0 saturated heterocycles. The Morgan fingerprint density at radius 2 is 1.80 bits per heavy atom. The fourth-order valence-electron chi connectivity index (χ4n) is 3.71. The summed E-state index contributed by atoms with van der Waals surface area (Å²) < 4.78 is 24.0. The van der Waals surface area contributed by atoms with Crippen LogP contribution in [0, 0.1) is 12.7 Å². The molecule has 0 spiro atoms. The molecule has 0 saturated carbocycles. The minimum absolute atomic E-state index is 0.0188. The van der Waals surface area contributed by atoms with Crippen molar-refractivity contribution in [2.75, 3.05) is 12.3 Å². The zero-order chi connectivity index (χ0) is 24.5. The number of aryl methyl sites for hydroxylation is 1. The van der Waals surface area contributed by atoms with Crippen molar-refractivity contribution in [3.8, 4) is 33.8 Å². The molecule has 2 N–H and O–H groups in total. The molecular weight excluding hydrogens is 451 g/mol. The highest BCUT2D eigenvalue weighted by Crippen LogP contribution is 2.37. The lowest BCUT2D eigenvalue weighted by atomic mass is 9.96. The fourth-order valence-corrected chi connectivity index (χ4v) is 3.71. The Morgan fingerprint density at radius 1 is 1.03 bits per heavy atom. The summed E-state index contributed by atoms with van der Waals surface area (Å²) in [5.41, 5.74) is 10.9. The molecule has 0 bridgehead atoms. The van der Waals surface area contributed by atoms with Gasteiger partial charge in [-0.1, -0.05) is 6.07 Å². The number of hydrogen-bond acceptors (Lipinski definition) is 9. The van der Waals surface area contributed by atoms with Gasteiger partial charge in [-0.3, -0.25) is 0 Å². The number of hydrogen-bond donors (Lipinski definition) is 1. The van der Waals surface area contributed by atoms with Gasteiger partial charge in [0.25, 0.3) is 5.89 Å².